The van der Waals surface area contributed by atoms with Crippen LogP contribution in [0.15, 0.2) is 18.2 Å². The fraction of sp³-hybridized carbons (Fsp3) is 0.417. The van der Waals surface area contributed by atoms with Crippen LogP contribution in [0.1, 0.15) is 12.5 Å². The van der Waals surface area contributed by atoms with Gasteiger partial charge in [0.2, 0.25) is 0 Å². The van der Waals surface area contributed by atoms with Crippen LogP contribution >= 0.6 is 0 Å². The standard InChI is InChI=1S/C12H15NO3/c1-3-16-9-4-5-10-8(6-9)7-11(12(14)15)13(10)2/h4-6,11H,3,7H2,1-2H3,(H,14,15). The van der Waals surface area contributed by atoms with E-state index in [2.05, 4.69) is 0 Å². The first kappa shape index (κ1) is 10.8. The van der Waals surface area contributed by atoms with E-state index in [0.717, 1.165) is 17.0 Å². The molecule has 0 fully saturated rings. The molecule has 0 aliphatic carbocycles. The van der Waals surface area contributed by atoms with Crippen molar-refractivity contribution in [3.05, 3.63) is 23.8 Å². The quantitative estimate of drug-likeness (QED) is 0.841. The number of benzene rings is 1. The highest BCUT2D eigenvalue weighted by Crippen LogP contribution is 2.33. The Hall–Kier alpha value is -1.71. The van der Waals surface area contributed by atoms with E-state index in [-0.39, 0.29) is 0 Å². The molecule has 1 aliphatic heterocycles. The summed E-state index contributed by atoms with van der Waals surface area (Å²) in [4.78, 5) is 12.8. The number of aliphatic carboxylic acids is 1. The Balaban J connectivity index is 2.29. The van der Waals surface area contributed by atoms with Gasteiger partial charge in [0.25, 0.3) is 0 Å². The van der Waals surface area contributed by atoms with Gasteiger partial charge >= 0.3 is 5.97 Å². The van der Waals surface area contributed by atoms with E-state index < -0.39 is 12.0 Å². The average molecular weight is 221 g/mol. The zero-order valence-electron chi connectivity index (χ0n) is 9.43. The average Bonchev–Trinajstić information content (AvgIpc) is 2.56. The molecule has 1 aromatic carbocycles. The number of hydrogen-bond donors (Lipinski definition) is 1. The van der Waals surface area contributed by atoms with Gasteiger partial charge in [0.1, 0.15) is 11.8 Å². The molecule has 1 atom stereocenters. The lowest BCUT2D eigenvalue weighted by atomic mass is 10.1. The topological polar surface area (TPSA) is 49.8 Å². The van der Waals surface area contributed by atoms with Gasteiger partial charge in [-0.1, -0.05) is 0 Å². The third kappa shape index (κ3) is 1.71. The Morgan fingerprint density at radius 2 is 2.38 bits per heavy atom. The van der Waals surface area contributed by atoms with Gasteiger partial charge < -0.3 is 14.7 Å². The van der Waals surface area contributed by atoms with Gasteiger partial charge in [0.15, 0.2) is 0 Å². The molecule has 1 aromatic rings. The van der Waals surface area contributed by atoms with Crippen LogP contribution in [-0.4, -0.2) is 30.8 Å². The molecule has 1 unspecified atom stereocenters. The van der Waals surface area contributed by atoms with Gasteiger partial charge in [-0.05, 0) is 30.7 Å². The third-order valence-corrected chi connectivity index (χ3v) is 2.91. The predicted octanol–water partition coefficient (Wildman–Crippen LogP) is 1.53. The maximum absolute atomic E-state index is 11.0. The van der Waals surface area contributed by atoms with Crippen LogP contribution in [-0.2, 0) is 11.2 Å². The zero-order chi connectivity index (χ0) is 11.7. The second-order valence-corrected chi connectivity index (χ2v) is 3.89. The third-order valence-electron chi connectivity index (χ3n) is 2.91. The van der Waals surface area contributed by atoms with E-state index >= 15 is 0 Å². The number of carbonyl (C=O) groups is 1. The van der Waals surface area contributed by atoms with Gasteiger partial charge in [-0.15, -0.1) is 0 Å². The summed E-state index contributed by atoms with van der Waals surface area (Å²) in [6.07, 6.45) is 0.544. The van der Waals surface area contributed by atoms with Crippen molar-refractivity contribution in [2.75, 3.05) is 18.6 Å². The number of anilines is 1. The maximum atomic E-state index is 11.0. The summed E-state index contributed by atoms with van der Waals surface area (Å²) in [5.41, 5.74) is 2.02. The van der Waals surface area contributed by atoms with Gasteiger partial charge in [0, 0.05) is 19.2 Å². The number of ether oxygens (including phenoxy) is 1. The van der Waals surface area contributed by atoms with E-state index in [1.807, 2.05) is 32.2 Å². The molecule has 4 heteroatoms. The summed E-state index contributed by atoms with van der Waals surface area (Å²) in [6, 6.07) is 5.27. The fourth-order valence-electron chi connectivity index (χ4n) is 2.09. The number of hydrogen-bond acceptors (Lipinski definition) is 3. The van der Waals surface area contributed by atoms with Gasteiger partial charge in [-0.3, -0.25) is 0 Å². The highest BCUT2D eigenvalue weighted by Gasteiger charge is 2.31. The predicted molar refractivity (Wildman–Crippen MR) is 61.1 cm³/mol. The molecule has 0 bridgehead atoms. The minimum absolute atomic E-state index is 0.452. The van der Waals surface area contributed by atoms with E-state index in [9.17, 15) is 4.79 Å². The number of likely N-dealkylation sites (N-methyl/N-ethyl adjacent to an activating group) is 1. The minimum Gasteiger partial charge on any atom is -0.494 e. The molecule has 1 aliphatic rings. The Kier molecular flexibility index (Phi) is 2.73. The first-order chi connectivity index (χ1) is 7.63. The molecule has 0 spiro atoms. The molecule has 4 nitrogen and oxygen atoms in total. The number of nitrogens with zero attached hydrogens (tertiary/aromatic N) is 1. The molecule has 0 saturated carbocycles. The van der Waals surface area contributed by atoms with Gasteiger partial charge in [-0.2, -0.15) is 0 Å². The van der Waals surface area contributed by atoms with E-state index in [1.165, 1.54) is 0 Å². The Morgan fingerprint density at radius 1 is 1.62 bits per heavy atom. The molecule has 1 heterocycles. The lowest BCUT2D eigenvalue weighted by molar-refractivity contribution is -0.138. The van der Waals surface area contributed by atoms with E-state index in [4.69, 9.17) is 9.84 Å². The number of carboxylic acids is 1. The fourth-order valence-corrected chi connectivity index (χ4v) is 2.09. The van der Waals surface area contributed by atoms with Crippen LogP contribution in [0.25, 0.3) is 0 Å². The Labute approximate surface area is 94.4 Å². The Morgan fingerprint density at radius 3 is 3.00 bits per heavy atom. The van der Waals surface area contributed by atoms with E-state index in [0.29, 0.717) is 13.0 Å². The van der Waals surface area contributed by atoms with Crippen LogP contribution in [0.5, 0.6) is 5.75 Å². The molecule has 86 valence electrons. The summed E-state index contributed by atoms with van der Waals surface area (Å²) in [6.45, 7) is 2.55. The lowest BCUT2D eigenvalue weighted by Gasteiger charge is -2.18. The van der Waals surface area contributed by atoms with Crippen molar-refractivity contribution in [1.29, 1.82) is 0 Å². The molecule has 0 radical (unpaired) electrons. The number of carboxylic acid groups (broad SMARTS) is 1. The monoisotopic (exact) mass is 221 g/mol. The van der Waals surface area contributed by atoms with Crippen molar-refractivity contribution in [3.8, 4) is 5.75 Å². The normalized spacial score (nSPS) is 18.4. The van der Waals surface area contributed by atoms with Gasteiger partial charge in [0.05, 0.1) is 6.61 Å². The molecule has 0 saturated heterocycles. The van der Waals surface area contributed by atoms with Crippen LogP contribution < -0.4 is 9.64 Å². The smallest absolute Gasteiger partial charge is 0.326 e. The van der Waals surface area contributed by atoms with Gasteiger partial charge in [-0.25, -0.2) is 4.79 Å². The molecule has 16 heavy (non-hydrogen) atoms. The van der Waals surface area contributed by atoms with Crippen molar-refractivity contribution in [2.24, 2.45) is 0 Å². The molecule has 1 N–H and O–H groups in total. The minimum atomic E-state index is -0.781. The maximum Gasteiger partial charge on any atom is 0.326 e. The first-order valence-electron chi connectivity index (χ1n) is 5.35. The summed E-state index contributed by atoms with van der Waals surface area (Å²) in [7, 11) is 1.81. The molecule has 0 amide bonds. The lowest BCUT2D eigenvalue weighted by Crippen LogP contribution is -2.35. The number of rotatable bonds is 3. The first-order valence-corrected chi connectivity index (χ1v) is 5.35. The Bertz CT molecular complexity index is 417. The highest BCUT2D eigenvalue weighted by molar-refractivity contribution is 5.82. The molecule has 2 rings (SSSR count). The van der Waals surface area contributed by atoms with E-state index in [1.54, 1.807) is 4.90 Å². The van der Waals surface area contributed by atoms with Crippen LogP contribution in [0.3, 0.4) is 0 Å². The second-order valence-electron chi connectivity index (χ2n) is 3.89. The van der Waals surface area contributed by atoms with Crippen molar-refractivity contribution in [3.63, 3.8) is 0 Å². The zero-order valence-corrected chi connectivity index (χ0v) is 9.43. The molecular weight excluding hydrogens is 206 g/mol. The van der Waals surface area contributed by atoms with Crippen LogP contribution in [0.2, 0.25) is 0 Å². The van der Waals surface area contributed by atoms with Crippen LogP contribution in [0, 0.1) is 0 Å². The largest absolute Gasteiger partial charge is 0.494 e. The van der Waals surface area contributed by atoms with Crippen LogP contribution in [0.4, 0.5) is 5.69 Å². The SMILES string of the molecule is CCOc1ccc2c(c1)CC(C(=O)O)N2C. The summed E-state index contributed by atoms with van der Waals surface area (Å²) < 4.78 is 5.40. The van der Waals surface area contributed by atoms with Crippen molar-refractivity contribution >= 4 is 11.7 Å². The summed E-state index contributed by atoms with van der Waals surface area (Å²) in [5.74, 6) is 0.0253. The molecule has 0 aromatic heterocycles. The summed E-state index contributed by atoms with van der Waals surface area (Å²) >= 11 is 0. The highest BCUT2D eigenvalue weighted by atomic mass is 16.5. The second kappa shape index (κ2) is 4.04. The van der Waals surface area contributed by atoms with Crippen molar-refractivity contribution < 1.29 is 14.6 Å². The van der Waals surface area contributed by atoms with Crippen molar-refractivity contribution in [2.45, 2.75) is 19.4 Å². The number of fused-ring (bicyclic) bond motifs is 1. The summed E-state index contributed by atoms with van der Waals surface area (Å²) in [5, 5.41) is 9.06. The van der Waals surface area contributed by atoms with Crippen molar-refractivity contribution in [1.82, 2.24) is 0 Å². The molecular formula is C12H15NO3.